The van der Waals surface area contributed by atoms with Crippen molar-refractivity contribution in [3.63, 3.8) is 0 Å². The Morgan fingerprint density at radius 2 is 1.67 bits per heavy atom. The molecule has 4 aromatic rings. The molecule has 39 heavy (non-hydrogen) atoms. The molecule has 0 radical (unpaired) electrons. The molecule has 1 aromatic heterocycles. The number of thioether (sulfide) groups is 1. The quantitative estimate of drug-likeness (QED) is 0.205. The summed E-state index contributed by atoms with van der Waals surface area (Å²) in [5, 5.41) is 3.33. The molecule has 10 heteroatoms. The molecular formula is C29H27F3N4O2S. The number of nitrogens with zero attached hydrogens (tertiary/aromatic N) is 3. The highest BCUT2D eigenvalue weighted by molar-refractivity contribution is 7.98. The van der Waals surface area contributed by atoms with Gasteiger partial charge in [-0.2, -0.15) is 0 Å². The Morgan fingerprint density at radius 3 is 2.31 bits per heavy atom. The predicted octanol–water partition coefficient (Wildman–Crippen LogP) is 5.94. The second kappa shape index (κ2) is 12.7. The molecule has 6 nitrogen and oxygen atoms in total. The molecule has 0 aliphatic rings. The van der Waals surface area contributed by atoms with Crippen LogP contribution in [0.5, 0.6) is 11.5 Å². The lowest BCUT2D eigenvalue weighted by Gasteiger charge is -2.23. The third-order valence-electron chi connectivity index (χ3n) is 5.88. The van der Waals surface area contributed by atoms with Crippen molar-refractivity contribution in [1.82, 2.24) is 14.9 Å². The molecular weight excluding hydrogens is 525 g/mol. The fourth-order valence-electron chi connectivity index (χ4n) is 3.85. The van der Waals surface area contributed by atoms with E-state index in [-0.39, 0.29) is 22.7 Å². The third kappa shape index (κ3) is 6.33. The van der Waals surface area contributed by atoms with Crippen molar-refractivity contribution in [2.24, 2.45) is 0 Å². The van der Waals surface area contributed by atoms with Crippen LogP contribution in [0, 0.1) is 29.3 Å². The maximum absolute atomic E-state index is 14.8. The van der Waals surface area contributed by atoms with E-state index >= 15 is 0 Å². The van der Waals surface area contributed by atoms with Crippen molar-refractivity contribution >= 4 is 23.3 Å². The highest BCUT2D eigenvalue weighted by atomic mass is 32.2. The van der Waals surface area contributed by atoms with Gasteiger partial charge in [-0.05, 0) is 55.6 Å². The first-order valence-electron chi connectivity index (χ1n) is 11.9. The SMILES string of the molecule is CNCC#Cc1cc(F)c(CSc2ncc(N(C)c3ccc(OC)c(OC)c3)n2-c2ccc(F)cc2)c(F)c1. The highest BCUT2D eigenvalue weighted by Crippen LogP contribution is 2.37. The van der Waals surface area contributed by atoms with Crippen LogP contribution in [0.4, 0.5) is 24.7 Å². The highest BCUT2D eigenvalue weighted by Gasteiger charge is 2.20. The van der Waals surface area contributed by atoms with E-state index in [0.717, 1.165) is 17.4 Å². The monoisotopic (exact) mass is 552 g/mol. The molecule has 0 spiro atoms. The Morgan fingerprint density at radius 1 is 0.974 bits per heavy atom. The maximum atomic E-state index is 14.8. The molecule has 0 saturated heterocycles. The number of hydrogen-bond donors (Lipinski definition) is 1. The summed E-state index contributed by atoms with van der Waals surface area (Å²) in [6, 6.07) is 13.8. The molecule has 4 rings (SSSR count). The number of ether oxygens (including phenoxy) is 2. The van der Waals surface area contributed by atoms with Crippen LogP contribution >= 0.6 is 11.8 Å². The van der Waals surface area contributed by atoms with Gasteiger partial charge >= 0.3 is 0 Å². The third-order valence-corrected chi connectivity index (χ3v) is 6.86. The van der Waals surface area contributed by atoms with Crippen LogP contribution in [0.3, 0.4) is 0 Å². The molecule has 0 aliphatic heterocycles. The molecule has 0 fully saturated rings. The Bertz CT molecular complexity index is 1490. The summed E-state index contributed by atoms with van der Waals surface area (Å²) in [5.74, 6) is 5.55. The van der Waals surface area contributed by atoms with E-state index in [0.29, 0.717) is 34.7 Å². The first-order valence-corrected chi connectivity index (χ1v) is 12.9. The van der Waals surface area contributed by atoms with Crippen molar-refractivity contribution in [3.05, 3.63) is 89.4 Å². The molecule has 0 unspecified atom stereocenters. The Labute approximate surface area is 229 Å². The summed E-state index contributed by atoms with van der Waals surface area (Å²) < 4.78 is 56.0. The van der Waals surface area contributed by atoms with Crippen LogP contribution in [-0.2, 0) is 5.75 Å². The van der Waals surface area contributed by atoms with Gasteiger partial charge in [0.15, 0.2) is 16.7 Å². The van der Waals surface area contributed by atoms with Crippen molar-refractivity contribution in [1.29, 1.82) is 0 Å². The summed E-state index contributed by atoms with van der Waals surface area (Å²) in [4.78, 5) is 6.42. The number of benzene rings is 3. The van der Waals surface area contributed by atoms with Gasteiger partial charge in [0, 0.05) is 41.4 Å². The number of anilines is 2. The van der Waals surface area contributed by atoms with Gasteiger partial charge in [-0.1, -0.05) is 23.6 Å². The largest absolute Gasteiger partial charge is 0.493 e. The molecule has 202 valence electrons. The van der Waals surface area contributed by atoms with Gasteiger partial charge in [-0.25, -0.2) is 18.2 Å². The second-order valence-electron chi connectivity index (χ2n) is 8.35. The molecule has 1 N–H and O–H groups in total. The summed E-state index contributed by atoms with van der Waals surface area (Å²) in [5.41, 5.74) is 1.60. The zero-order chi connectivity index (χ0) is 27.9. The second-order valence-corrected chi connectivity index (χ2v) is 9.29. The average molecular weight is 553 g/mol. The van der Waals surface area contributed by atoms with Gasteiger partial charge in [-0.15, -0.1) is 0 Å². The van der Waals surface area contributed by atoms with Crippen LogP contribution < -0.4 is 19.7 Å². The smallest absolute Gasteiger partial charge is 0.174 e. The number of nitrogens with one attached hydrogen (secondary N) is 1. The summed E-state index contributed by atoms with van der Waals surface area (Å²) in [6.07, 6.45) is 1.65. The summed E-state index contributed by atoms with van der Waals surface area (Å²) >= 11 is 1.16. The Hall–Kier alpha value is -4.07. The lowest BCUT2D eigenvalue weighted by Crippen LogP contribution is -2.14. The molecule has 0 saturated carbocycles. The van der Waals surface area contributed by atoms with Gasteiger partial charge in [-0.3, -0.25) is 4.57 Å². The van der Waals surface area contributed by atoms with Gasteiger partial charge < -0.3 is 19.7 Å². The first-order chi connectivity index (χ1) is 18.9. The van der Waals surface area contributed by atoms with Crippen LogP contribution in [-0.4, -0.2) is 44.4 Å². The van der Waals surface area contributed by atoms with Crippen molar-refractivity contribution in [2.75, 3.05) is 39.8 Å². The van der Waals surface area contributed by atoms with Gasteiger partial charge in [0.1, 0.15) is 23.3 Å². The lowest BCUT2D eigenvalue weighted by molar-refractivity contribution is 0.355. The maximum Gasteiger partial charge on any atom is 0.174 e. The van der Waals surface area contributed by atoms with E-state index in [4.69, 9.17) is 9.47 Å². The average Bonchev–Trinajstić information content (AvgIpc) is 3.36. The van der Waals surface area contributed by atoms with E-state index in [2.05, 4.69) is 22.1 Å². The predicted molar refractivity (Wildman–Crippen MR) is 148 cm³/mol. The van der Waals surface area contributed by atoms with E-state index < -0.39 is 11.6 Å². The van der Waals surface area contributed by atoms with E-state index in [1.54, 1.807) is 50.2 Å². The summed E-state index contributed by atoms with van der Waals surface area (Å²) in [7, 11) is 6.70. The van der Waals surface area contributed by atoms with Crippen molar-refractivity contribution < 1.29 is 22.6 Å². The van der Waals surface area contributed by atoms with E-state index in [9.17, 15) is 13.2 Å². The Kier molecular flexibility index (Phi) is 9.07. The van der Waals surface area contributed by atoms with Crippen LogP contribution in [0.1, 0.15) is 11.1 Å². The van der Waals surface area contributed by atoms with E-state index in [1.165, 1.54) is 24.3 Å². The number of rotatable bonds is 9. The number of hydrogen-bond acceptors (Lipinski definition) is 6. The molecule has 0 atom stereocenters. The van der Waals surface area contributed by atoms with Gasteiger partial charge in [0.05, 0.1) is 27.0 Å². The molecule has 0 amide bonds. The minimum atomic E-state index is -0.682. The Balaban J connectivity index is 1.69. The lowest BCUT2D eigenvalue weighted by atomic mass is 10.1. The zero-order valence-electron chi connectivity index (χ0n) is 21.9. The van der Waals surface area contributed by atoms with Gasteiger partial charge in [0.25, 0.3) is 0 Å². The number of imidazole rings is 1. The zero-order valence-corrected chi connectivity index (χ0v) is 22.7. The molecule has 1 heterocycles. The van der Waals surface area contributed by atoms with Crippen molar-refractivity contribution in [3.8, 4) is 29.0 Å². The van der Waals surface area contributed by atoms with Gasteiger partial charge in [0.2, 0.25) is 0 Å². The number of methoxy groups -OCH3 is 2. The van der Waals surface area contributed by atoms with Crippen LogP contribution in [0.2, 0.25) is 0 Å². The van der Waals surface area contributed by atoms with E-state index in [1.807, 2.05) is 24.1 Å². The number of halogens is 3. The standard InChI is InChI=1S/C29H27F3N4O2S/c1-33-13-5-6-19-14-24(31)23(25(32)15-19)18-39-29-34-17-28(36(29)21-9-7-20(30)8-10-21)35(2)22-11-12-26(37-3)27(16-22)38-4/h7-12,14-17,33H,13,18H2,1-4H3. The van der Waals surface area contributed by atoms with Crippen LogP contribution in [0.25, 0.3) is 5.69 Å². The van der Waals surface area contributed by atoms with Crippen molar-refractivity contribution in [2.45, 2.75) is 10.9 Å². The van der Waals surface area contributed by atoms with Crippen LogP contribution in [0.15, 0.2) is 66.0 Å². The number of aromatic nitrogens is 2. The topological polar surface area (TPSA) is 51.6 Å². The normalized spacial score (nSPS) is 10.6. The first kappa shape index (κ1) is 28.0. The minimum absolute atomic E-state index is 0.0143. The minimum Gasteiger partial charge on any atom is -0.493 e. The summed E-state index contributed by atoms with van der Waals surface area (Å²) in [6.45, 7) is 0.410. The molecule has 3 aromatic carbocycles. The fraction of sp³-hybridized carbons (Fsp3) is 0.207. The molecule has 0 bridgehead atoms. The fourth-order valence-corrected chi connectivity index (χ4v) is 4.85. The molecule has 0 aliphatic carbocycles.